The predicted octanol–water partition coefficient (Wildman–Crippen LogP) is 5.31. The minimum Gasteiger partial charge on any atom is -0.496 e. The van der Waals surface area contributed by atoms with Gasteiger partial charge in [-0.25, -0.2) is 5.43 Å². The first kappa shape index (κ1) is 19.9. The summed E-state index contributed by atoms with van der Waals surface area (Å²) >= 11 is 11.9. The van der Waals surface area contributed by atoms with Gasteiger partial charge in [-0.05, 0) is 40.6 Å². The Labute approximate surface area is 182 Å². The number of fused-ring (bicyclic) bond motifs is 1. The van der Waals surface area contributed by atoms with Gasteiger partial charge in [-0.1, -0.05) is 59.6 Å². The number of H-pyrrole nitrogens is 1. The van der Waals surface area contributed by atoms with Gasteiger partial charge in [0.2, 0.25) is 0 Å². The number of carbonyl (C=O) groups is 1. The number of rotatable bonds is 5. The summed E-state index contributed by atoms with van der Waals surface area (Å²) in [5.41, 5.74) is 4.85. The van der Waals surface area contributed by atoms with E-state index >= 15 is 0 Å². The van der Waals surface area contributed by atoms with Crippen LogP contribution in [-0.2, 0) is 0 Å². The Morgan fingerprint density at radius 3 is 2.73 bits per heavy atom. The van der Waals surface area contributed by atoms with Crippen LogP contribution in [0.2, 0.25) is 10.0 Å². The smallest absolute Gasteiger partial charge is 0.289 e. The third kappa shape index (κ3) is 4.01. The second kappa shape index (κ2) is 8.57. The van der Waals surface area contributed by atoms with Gasteiger partial charge >= 0.3 is 0 Å². The van der Waals surface area contributed by atoms with Gasteiger partial charge in [-0.15, -0.1) is 0 Å². The number of hydrazone groups is 1. The number of nitrogens with one attached hydrogen (secondary N) is 2. The zero-order valence-corrected chi connectivity index (χ0v) is 17.3. The number of amides is 1. The van der Waals surface area contributed by atoms with Gasteiger partial charge in [-0.2, -0.15) is 10.2 Å². The van der Waals surface area contributed by atoms with E-state index in [1.54, 1.807) is 31.4 Å². The van der Waals surface area contributed by atoms with Crippen molar-refractivity contribution >= 4 is 46.1 Å². The molecule has 6 nitrogen and oxygen atoms in total. The number of hydrogen-bond donors (Lipinski definition) is 2. The summed E-state index contributed by atoms with van der Waals surface area (Å²) in [6.07, 6.45) is 1.48. The monoisotopic (exact) mass is 438 g/mol. The summed E-state index contributed by atoms with van der Waals surface area (Å²) in [6.45, 7) is 0. The highest BCUT2D eigenvalue weighted by molar-refractivity contribution is 6.42. The number of nitrogens with zero attached hydrogens (tertiary/aromatic N) is 2. The molecule has 1 amide bonds. The molecule has 0 saturated carbocycles. The van der Waals surface area contributed by atoms with Crippen LogP contribution in [0.4, 0.5) is 0 Å². The van der Waals surface area contributed by atoms with Crippen LogP contribution in [0.5, 0.6) is 5.75 Å². The fourth-order valence-corrected chi connectivity index (χ4v) is 3.38. The van der Waals surface area contributed by atoms with E-state index in [1.165, 1.54) is 6.21 Å². The fraction of sp³-hybridized carbons (Fsp3) is 0.0455. The molecule has 0 aliphatic rings. The van der Waals surface area contributed by atoms with Gasteiger partial charge in [0.15, 0.2) is 0 Å². The van der Waals surface area contributed by atoms with E-state index in [4.69, 9.17) is 27.9 Å². The molecule has 0 aliphatic carbocycles. The number of methoxy groups -OCH3 is 1. The molecule has 0 aliphatic heterocycles. The van der Waals surface area contributed by atoms with Crippen LogP contribution in [0, 0.1) is 0 Å². The third-order valence-corrected chi connectivity index (χ3v) is 5.25. The number of aromatic nitrogens is 2. The van der Waals surface area contributed by atoms with Crippen molar-refractivity contribution < 1.29 is 9.53 Å². The van der Waals surface area contributed by atoms with E-state index in [2.05, 4.69) is 20.7 Å². The quantitative estimate of drug-likeness (QED) is 0.327. The predicted molar refractivity (Wildman–Crippen MR) is 120 cm³/mol. The van der Waals surface area contributed by atoms with Gasteiger partial charge in [0.1, 0.15) is 11.4 Å². The molecule has 0 atom stereocenters. The molecule has 1 aromatic heterocycles. The first-order chi connectivity index (χ1) is 14.6. The number of aromatic amines is 1. The van der Waals surface area contributed by atoms with Crippen LogP contribution in [0.1, 0.15) is 16.1 Å². The highest BCUT2D eigenvalue weighted by Gasteiger charge is 2.16. The zero-order chi connectivity index (χ0) is 21.1. The Kier molecular flexibility index (Phi) is 5.70. The van der Waals surface area contributed by atoms with Crippen LogP contribution in [-0.4, -0.2) is 29.4 Å². The highest BCUT2D eigenvalue weighted by atomic mass is 35.5. The van der Waals surface area contributed by atoms with Crippen molar-refractivity contribution in [2.24, 2.45) is 5.10 Å². The van der Waals surface area contributed by atoms with Crippen molar-refractivity contribution in [1.82, 2.24) is 15.6 Å². The number of carbonyl (C=O) groups excluding carboxylic acids is 1. The van der Waals surface area contributed by atoms with Crippen molar-refractivity contribution in [2.75, 3.05) is 7.11 Å². The minimum atomic E-state index is -0.427. The van der Waals surface area contributed by atoms with Crippen molar-refractivity contribution in [3.8, 4) is 17.0 Å². The molecule has 3 aromatic carbocycles. The van der Waals surface area contributed by atoms with Gasteiger partial charge in [0, 0.05) is 0 Å². The van der Waals surface area contributed by atoms with Crippen molar-refractivity contribution in [3.05, 3.63) is 82.0 Å². The highest BCUT2D eigenvalue weighted by Crippen LogP contribution is 2.36. The molecule has 30 heavy (non-hydrogen) atoms. The summed E-state index contributed by atoms with van der Waals surface area (Å²) in [6, 6.07) is 18.5. The Hall–Kier alpha value is -3.35. The van der Waals surface area contributed by atoms with Crippen molar-refractivity contribution in [2.45, 2.75) is 0 Å². The first-order valence-electron chi connectivity index (χ1n) is 8.97. The largest absolute Gasteiger partial charge is 0.496 e. The second-order valence-corrected chi connectivity index (χ2v) is 7.22. The average Bonchev–Trinajstić information content (AvgIpc) is 3.25. The molecule has 0 spiro atoms. The Bertz CT molecular complexity index is 1270. The van der Waals surface area contributed by atoms with E-state index in [9.17, 15) is 4.79 Å². The van der Waals surface area contributed by atoms with Crippen LogP contribution < -0.4 is 10.2 Å². The lowest BCUT2D eigenvalue weighted by Crippen LogP contribution is -2.18. The average molecular weight is 439 g/mol. The lowest BCUT2D eigenvalue weighted by atomic mass is 10.0. The summed E-state index contributed by atoms with van der Waals surface area (Å²) in [5.74, 6) is 0.245. The molecular weight excluding hydrogens is 423 g/mol. The van der Waals surface area contributed by atoms with E-state index in [-0.39, 0.29) is 5.69 Å². The van der Waals surface area contributed by atoms with Gasteiger partial charge in [0.05, 0.1) is 34.6 Å². The molecule has 4 rings (SSSR count). The molecule has 2 N–H and O–H groups in total. The fourth-order valence-electron chi connectivity index (χ4n) is 3.07. The lowest BCUT2D eigenvalue weighted by Gasteiger charge is -2.09. The van der Waals surface area contributed by atoms with E-state index in [1.807, 2.05) is 36.4 Å². The third-order valence-electron chi connectivity index (χ3n) is 4.51. The minimum absolute atomic E-state index is 0.270. The first-order valence-corrected chi connectivity index (χ1v) is 9.72. The molecule has 0 saturated heterocycles. The van der Waals surface area contributed by atoms with Crippen molar-refractivity contribution in [3.63, 3.8) is 0 Å². The standard InChI is InChI=1S/C22H16Cl2N4O2/c1-30-20-9-7-14-4-2-3-5-15(14)21(20)18-11-19(27-26-18)22(29)28-25-12-13-6-8-16(23)17(24)10-13/h2-12H,1H3,(H,26,27)(H,28,29)/b25-12-. The van der Waals surface area contributed by atoms with Gasteiger partial charge in [-0.3, -0.25) is 9.89 Å². The summed E-state index contributed by atoms with van der Waals surface area (Å²) in [5, 5.41) is 13.9. The molecular formula is C22H16Cl2N4O2. The maximum Gasteiger partial charge on any atom is 0.289 e. The van der Waals surface area contributed by atoms with Gasteiger partial charge < -0.3 is 4.74 Å². The van der Waals surface area contributed by atoms with Crippen LogP contribution in [0.15, 0.2) is 65.8 Å². The van der Waals surface area contributed by atoms with E-state index < -0.39 is 5.91 Å². The Morgan fingerprint density at radius 2 is 1.93 bits per heavy atom. The van der Waals surface area contributed by atoms with Crippen LogP contribution in [0.3, 0.4) is 0 Å². The SMILES string of the molecule is COc1ccc2ccccc2c1-c1cc(C(=O)N/N=C\c2ccc(Cl)c(Cl)c2)[nH]n1. The number of halogens is 2. The van der Waals surface area contributed by atoms with E-state index in [0.717, 1.165) is 16.3 Å². The van der Waals surface area contributed by atoms with E-state index in [0.29, 0.717) is 27.1 Å². The second-order valence-electron chi connectivity index (χ2n) is 6.40. The Morgan fingerprint density at radius 1 is 1.10 bits per heavy atom. The van der Waals surface area contributed by atoms with Crippen LogP contribution >= 0.6 is 23.2 Å². The molecule has 0 radical (unpaired) electrons. The zero-order valence-electron chi connectivity index (χ0n) is 15.8. The topological polar surface area (TPSA) is 79.4 Å². The van der Waals surface area contributed by atoms with Crippen LogP contribution in [0.25, 0.3) is 22.0 Å². The number of hydrogen-bond acceptors (Lipinski definition) is 4. The summed E-state index contributed by atoms with van der Waals surface area (Å²) in [4.78, 5) is 12.4. The molecule has 1 heterocycles. The lowest BCUT2D eigenvalue weighted by molar-refractivity contribution is 0.0950. The van der Waals surface area contributed by atoms with Gasteiger partial charge in [0.25, 0.3) is 5.91 Å². The number of benzene rings is 3. The molecule has 0 unspecified atom stereocenters. The molecule has 0 bridgehead atoms. The molecule has 150 valence electrons. The Balaban J connectivity index is 1.57. The summed E-state index contributed by atoms with van der Waals surface area (Å²) in [7, 11) is 1.60. The summed E-state index contributed by atoms with van der Waals surface area (Å²) < 4.78 is 5.51. The molecule has 4 aromatic rings. The normalized spacial score (nSPS) is 11.2. The maximum atomic E-state index is 12.4. The van der Waals surface area contributed by atoms with Crippen molar-refractivity contribution in [1.29, 1.82) is 0 Å². The number of ether oxygens (including phenoxy) is 1. The molecule has 8 heteroatoms. The maximum absolute atomic E-state index is 12.4. The molecule has 0 fully saturated rings.